The molecule has 2 aliphatic heterocycles. The van der Waals surface area contributed by atoms with E-state index in [0.717, 1.165) is 32.4 Å². The van der Waals surface area contributed by atoms with E-state index in [0.29, 0.717) is 0 Å². The molecule has 4 heteroatoms. The standard InChI is InChI=1S/C10H17NO2.ClH/c1-9(2)7-10(13-8(9)12)3-5-11-6-4-10;/h11H,3-7H2,1-2H3;1H. The highest BCUT2D eigenvalue weighted by molar-refractivity contribution is 5.85. The summed E-state index contributed by atoms with van der Waals surface area (Å²) in [5.74, 6) is -0.0191. The van der Waals surface area contributed by atoms with Gasteiger partial charge in [0.15, 0.2) is 0 Å². The van der Waals surface area contributed by atoms with Crippen LogP contribution in [-0.2, 0) is 9.53 Å². The van der Waals surface area contributed by atoms with Crippen LogP contribution in [-0.4, -0.2) is 24.7 Å². The quantitative estimate of drug-likeness (QED) is 0.628. The highest BCUT2D eigenvalue weighted by atomic mass is 35.5. The summed E-state index contributed by atoms with van der Waals surface area (Å²) in [5, 5.41) is 3.29. The lowest BCUT2D eigenvalue weighted by atomic mass is 9.79. The number of ether oxygens (including phenoxy) is 1. The first-order chi connectivity index (χ1) is 6.04. The third kappa shape index (κ3) is 1.89. The summed E-state index contributed by atoms with van der Waals surface area (Å²) in [5.41, 5.74) is -0.400. The number of rotatable bonds is 0. The van der Waals surface area contributed by atoms with Gasteiger partial charge in [-0.15, -0.1) is 12.4 Å². The van der Waals surface area contributed by atoms with Crippen LogP contribution in [0.15, 0.2) is 0 Å². The van der Waals surface area contributed by atoms with Gasteiger partial charge in [0.05, 0.1) is 5.41 Å². The minimum absolute atomic E-state index is 0. The lowest BCUT2D eigenvalue weighted by molar-refractivity contribution is -0.154. The predicted molar refractivity (Wildman–Crippen MR) is 56.6 cm³/mol. The van der Waals surface area contributed by atoms with Gasteiger partial charge in [-0.05, 0) is 39.8 Å². The Labute approximate surface area is 91.0 Å². The van der Waals surface area contributed by atoms with Crippen molar-refractivity contribution in [3.05, 3.63) is 0 Å². The number of hydrogen-bond donors (Lipinski definition) is 1. The molecule has 0 aromatic carbocycles. The Morgan fingerprint density at radius 2 is 1.86 bits per heavy atom. The van der Waals surface area contributed by atoms with Gasteiger partial charge in [-0.2, -0.15) is 0 Å². The minimum atomic E-state index is -0.267. The smallest absolute Gasteiger partial charge is 0.312 e. The normalized spacial score (nSPS) is 28.3. The molecule has 14 heavy (non-hydrogen) atoms. The fourth-order valence-electron chi connectivity index (χ4n) is 2.41. The van der Waals surface area contributed by atoms with Crippen molar-refractivity contribution < 1.29 is 9.53 Å². The van der Waals surface area contributed by atoms with Gasteiger partial charge in [0.25, 0.3) is 0 Å². The van der Waals surface area contributed by atoms with Crippen molar-refractivity contribution in [1.29, 1.82) is 0 Å². The third-order valence-electron chi connectivity index (χ3n) is 3.14. The molecular formula is C10H18ClNO2. The fourth-order valence-corrected chi connectivity index (χ4v) is 2.41. The summed E-state index contributed by atoms with van der Waals surface area (Å²) in [4.78, 5) is 11.5. The van der Waals surface area contributed by atoms with Crippen molar-refractivity contribution in [2.45, 2.75) is 38.7 Å². The average Bonchev–Trinajstić information content (AvgIpc) is 2.23. The van der Waals surface area contributed by atoms with Gasteiger partial charge in [0, 0.05) is 6.42 Å². The summed E-state index contributed by atoms with van der Waals surface area (Å²) >= 11 is 0. The molecule has 0 atom stereocenters. The first-order valence-corrected chi connectivity index (χ1v) is 4.98. The van der Waals surface area contributed by atoms with Crippen LogP contribution >= 0.6 is 12.4 Å². The zero-order chi connectivity index (χ0) is 9.53. The van der Waals surface area contributed by atoms with Crippen LogP contribution in [0.25, 0.3) is 0 Å². The van der Waals surface area contributed by atoms with Gasteiger partial charge >= 0.3 is 5.97 Å². The molecule has 82 valence electrons. The van der Waals surface area contributed by atoms with Crippen LogP contribution in [0, 0.1) is 5.41 Å². The molecule has 0 unspecified atom stereocenters. The molecule has 0 aromatic heterocycles. The fraction of sp³-hybridized carbons (Fsp3) is 0.900. The van der Waals surface area contributed by atoms with E-state index in [9.17, 15) is 4.79 Å². The molecule has 2 fully saturated rings. The third-order valence-corrected chi connectivity index (χ3v) is 3.14. The Bertz CT molecular complexity index is 234. The number of piperidine rings is 1. The van der Waals surface area contributed by atoms with Crippen LogP contribution < -0.4 is 5.32 Å². The molecule has 0 radical (unpaired) electrons. The summed E-state index contributed by atoms with van der Waals surface area (Å²) in [6, 6.07) is 0. The number of carbonyl (C=O) groups excluding carboxylic acids is 1. The summed E-state index contributed by atoms with van der Waals surface area (Å²) in [7, 11) is 0. The Balaban J connectivity index is 0.000000980. The molecule has 2 aliphatic rings. The molecule has 3 nitrogen and oxygen atoms in total. The van der Waals surface area contributed by atoms with Crippen molar-refractivity contribution in [1.82, 2.24) is 5.32 Å². The largest absolute Gasteiger partial charge is 0.459 e. The lowest BCUT2D eigenvalue weighted by Gasteiger charge is -2.32. The molecule has 2 saturated heterocycles. The van der Waals surface area contributed by atoms with E-state index in [1.54, 1.807) is 0 Å². The molecule has 2 heterocycles. The summed E-state index contributed by atoms with van der Waals surface area (Å²) in [6.07, 6.45) is 2.84. The van der Waals surface area contributed by atoms with Crippen molar-refractivity contribution in [2.24, 2.45) is 5.41 Å². The number of halogens is 1. The topological polar surface area (TPSA) is 38.3 Å². The van der Waals surface area contributed by atoms with Gasteiger partial charge < -0.3 is 10.1 Å². The Hall–Kier alpha value is -0.280. The predicted octanol–water partition coefficient (Wildman–Crippen LogP) is 1.50. The van der Waals surface area contributed by atoms with E-state index >= 15 is 0 Å². The second-order valence-corrected chi connectivity index (χ2v) is 4.88. The van der Waals surface area contributed by atoms with Crippen LogP contribution in [0.4, 0.5) is 0 Å². The molecule has 1 spiro atoms. The van der Waals surface area contributed by atoms with Crippen LogP contribution in [0.1, 0.15) is 33.1 Å². The van der Waals surface area contributed by atoms with Gasteiger partial charge in [-0.3, -0.25) is 4.79 Å². The average molecular weight is 220 g/mol. The maximum atomic E-state index is 11.5. The molecule has 0 saturated carbocycles. The number of esters is 1. The molecule has 0 amide bonds. The van der Waals surface area contributed by atoms with E-state index in [1.807, 2.05) is 13.8 Å². The van der Waals surface area contributed by atoms with Crippen LogP contribution in [0.2, 0.25) is 0 Å². The maximum absolute atomic E-state index is 11.5. The first-order valence-electron chi connectivity index (χ1n) is 4.98. The van der Waals surface area contributed by atoms with Crippen LogP contribution in [0.5, 0.6) is 0 Å². The monoisotopic (exact) mass is 219 g/mol. The van der Waals surface area contributed by atoms with Crippen molar-refractivity contribution in [3.8, 4) is 0 Å². The van der Waals surface area contributed by atoms with E-state index in [2.05, 4.69) is 5.32 Å². The van der Waals surface area contributed by atoms with E-state index in [4.69, 9.17) is 4.74 Å². The first kappa shape index (κ1) is 11.8. The summed E-state index contributed by atoms with van der Waals surface area (Å²) < 4.78 is 5.53. The molecule has 1 N–H and O–H groups in total. The number of carbonyl (C=O) groups is 1. The minimum Gasteiger partial charge on any atom is -0.459 e. The molecule has 0 aliphatic carbocycles. The van der Waals surface area contributed by atoms with E-state index in [1.165, 1.54) is 0 Å². The number of nitrogens with one attached hydrogen (secondary N) is 1. The molecule has 0 bridgehead atoms. The van der Waals surface area contributed by atoms with Crippen molar-refractivity contribution in [3.63, 3.8) is 0 Å². The van der Waals surface area contributed by atoms with Crippen molar-refractivity contribution >= 4 is 18.4 Å². The zero-order valence-corrected chi connectivity index (χ0v) is 9.58. The second-order valence-electron chi connectivity index (χ2n) is 4.88. The van der Waals surface area contributed by atoms with E-state index < -0.39 is 0 Å². The van der Waals surface area contributed by atoms with Gasteiger partial charge in [0.1, 0.15) is 5.60 Å². The van der Waals surface area contributed by atoms with Crippen LogP contribution in [0.3, 0.4) is 0 Å². The molecule has 2 rings (SSSR count). The SMILES string of the molecule is CC1(C)CC2(CCNCC2)OC1=O.Cl. The second kappa shape index (κ2) is 3.70. The molecule has 0 aromatic rings. The van der Waals surface area contributed by atoms with Gasteiger partial charge in [-0.25, -0.2) is 0 Å². The highest BCUT2D eigenvalue weighted by Crippen LogP contribution is 2.44. The van der Waals surface area contributed by atoms with Crippen molar-refractivity contribution in [2.75, 3.05) is 13.1 Å². The zero-order valence-electron chi connectivity index (χ0n) is 8.76. The Morgan fingerprint density at radius 3 is 2.29 bits per heavy atom. The Morgan fingerprint density at radius 1 is 1.29 bits per heavy atom. The van der Waals surface area contributed by atoms with Gasteiger partial charge in [0.2, 0.25) is 0 Å². The lowest BCUT2D eigenvalue weighted by Crippen LogP contribution is -2.41. The van der Waals surface area contributed by atoms with E-state index in [-0.39, 0.29) is 29.4 Å². The Kier molecular flexibility index (Phi) is 3.12. The number of hydrogen-bond acceptors (Lipinski definition) is 3. The highest BCUT2D eigenvalue weighted by Gasteiger charge is 2.51. The van der Waals surface area contributed by atoms with Gasteiger partial charge in [-0.1, -0.05) is 0 Å². The summed E-state index contributed by atoms with van der Waals surface area (Å²) in [6.45, 7) is 5.91. The maximum Gasteiger partial charge on any atom is 0.312 e. The molecular weight excluding hydrogens is 202 g/mol.